The fraction of sp³-hybridized carbons (Fsp3) is 0.158. The molecule has 3 nitrogen and oxygen atoms in total. The highest BCUT2D eigenvalue weighted by molar-refractivity contribution is 7.80. The van der Waals surface area contributed by atoms with Crippen molar-refractivity contribution in [2.75, 3.05) is 14.2 Å². The van der Waals surface area contributed by atoms with Crippen molar-refractivity contribution in [2.45, 2.75) is 44.9 Å². The summed E-state index contributed by atoms with van der Waals surface area (Å²) in [7, 11) is 1.50. The Morgan fingerprint density at radius 1 is 0.387 bits per heavy atom. The van der Waals surface area contributed by atoms with Gasteiger partial charge in [-0.1, -0.05) is 184 Å². The molecule has 0 bridgehead atoms. The molecule has 9 rings (SSSR count). The van der Waals surface area contributed by atoms with Gasteiger partial charge in [-0.05, 0) is 109 Å². The van der Waals surface area contributed by atoms with Crippen LogP contribution in [0.1, 0.15) is 47.2 Å². The molecule has 62 heavy (non-hydrogen) atoms. The first-order valence-electron chi connectivity index (χ1n) is 21.5. The number of hydrogen-bond acceptors (Lipinski definition) is 3. The Hall–Kier alpha value is -5.98. The van der Waals surface area contributed by atoms with Gasteiger partial charge in [-0.25, -0.2) is 0 Å². The van der Waals surface area contributed by atoms with Gasteiger partial charge >= 0.3 is 0 Å². The van der Waals surface area contributed by atoms with E-state index in [0.717, 1.165) is 48.7 Å². The summed E-state index contributed by atoms with van der Waals surface area (Å²) in [5.74, 6) is 3.76. The van der Waals surface area contributed by atoms with Gasteiger partial charge in [-0.15, -0.1) is 0 Å². The maximum atomic E-state index is 7.54. The molecule has 0 spiro atoms. The third kappa shape index (κ3) is 8.71. The van der Waals surface area contributed by atoms with Crippen molar-refractivity contribution in [3.8, 4) is 23.0 Å². The summed E-state index contributed by atoms with van der Waals surface area (Å²) in [4.78, 5) is 0. The molecule has 5 heteroatoms. The van der Waals surface area contributed by atoms with Crippen LogP contribution in [0.15, 0.2) is 194 Å². The Morgan fingerprint density at radius 3 is 1.16 bits per heavy atom. The lowest BCUT2D eigenvalue weighted by Crippen LogP contribution is -2.33. The Labute approximate surface area is 369 Å². The number of aryl methyl sites for hydroxylation is 4. The maximum Gasteiger partial charge on any atom is 0.139 e. The van der Waals surface area contributed by atoms with Gasteiger partial charge in [-0.2, -0.15) is 0 Å². The standard InChI is InChI=1S/C57H52O3P2/c1-57(2)51-23-13-25-53(61(47-17-7-5-8-18-47)49-21-11-15-43(39-49)29-27-41-31-35-45(58-3)36-32-41)55(51)60-56-52(57)24-14-26-54(56)62(48-19-9-6-10-20-48)50-22-12-16-44(40-50)30-28-42-33-37-46(59-4)38-34-42/h5-26,31-40H,27-30H2,1-4H3. The molecule has 1 aliphatic heterocycles. The molecule has 0 radical (unpaired) electrons. The lowest BCUT2D eigenvalue weighted by Gasteiger charge is -2.38. The van der Waals surface area contributed by atoms with Crippen LogP contribution < -0.4 is 46.0 Å². The number of para-hydroxylation sites is 2. The predicted octanol–water partition coefficient (Wildman–Crippen LogP) is 11.2. The average molecular weight is 847 g/mol. The van der Waals surface area contributed by atoms with Crippen LogP contribution in [0.5, 0.6) is 23.0 Å². The van der Waals surface area contributed by atoms with Gasteiger partial charge in [0, 0.05) is 27.2 Å². The van der Waals surface area contributed by atoms with Crippen LogP contribution in [0.2, 0.25) is 0 Å². The van der Waals surface area contributed by atoms with Crippen LogP contribution in [0.4, 0.5) is 0 Å². The van der Waals surface area contributed by atoms with Crippen LogP contribution in [0.3, 0.4) is 0 Å². The lowest BCUT2D eigenvalue weighted by molar-refractivity contribution is 0.414. The molecule has 0 saturated heterocycles. The molecule has 2 unspecified atom stereocenters. The second kappa shape index (κ2) is 18.6. The minimum Gasteiger partial charge on any atom is -0.497 e. The monoisotopic (exact) mass is 846 g/mol. The SMILES string of the molecule is COc1ccc(CCc2cccc(P(c3ccccc3)c3cccc4c3Oc3c(P(c5ccccc5)c5cccc(CCc6ccc(OC)cc6)c5)cccc3C4(C)C)c2)cc1. The van der Waals surface area contributed by atoms with Gasteiger partial charge in [-0.3, -0.25) is 0 Å². The van der Waals surface area contributed by atoms with E-state index in [9.17, 15) is 0 Å². The summed E-state index contributed by atoms with van der Waals surface area (Å²) in [5, 5.41) is 7.75. The largest absolute Gasteiger partial charge is 0.497 e. The number of fused-ring (bicyclic) bond motifs is 2. The third-order valence-electron chi connectivity index (χ3n) is 12.1. The Morgan fingerprint density at radius 2 is 0.758 bits per heavy atom. The van der Waals surface area contributed by atoms with E-state index in [2.05, 4.69) is 208 Å². The normalized spacial score (nSPS) is 13.5. The number of benzene rings is 8. The highest BCUT2D eigenvalue weighted by atomic mass is 31.1. The zero-order valence-corrected chi connectivity index (χ0v) is 37.7. The van der Waals surface area contributed by atoms with E-state index in [4.69, 9.17) is 14.2 Å². The summed E-state index contributed by atoms with van der Waals surface area (Å²) < 4.78 is 18.4. The Balaban J connectivity index is 1.11. The summed E-state index contributed by atoms with van der Waals surface area (Å²) in [6, 6.07) is 71.2. The molecule has 0 saturated carbocycles. The highest BCUT2D eigenvalue weighted by Crippen LogP contribution is 2.52. The zero-order valence-electron chi connectivity index (χ0n) is 35.9. The minimum atomic E-state index is -0.966. The van der Waals surface area contributed by atoms with Crippen LogP contribution in [0.25, 0.3) is 0 Å². The van der Waals surface area contributed by atoms with Crippen LogP contribution >= 0.6 is 15.8 Å². The van der Waals surface area contributed by atoms with Crippen molar-refractivity contribution >= 4 is 47.7 Å². The fourth-order valence-electron chi connectivity index (χ4n) is 8.72. The number of methoxy groups -OCH3 is 2. The second-order valence-electron chi connectivity index (χ2n) is 16.4. The first-order valence-corrected chi connectivity index (χ1v) is 24.2. The highest BCUT2D eigenvalue weighted by Gasteiger charge is 2.39. The molecule has 1 aliphatic rings. The molecule has 0 N–H and O–H groups in total. The lowest BCUT2D eigenvalue weighted by atomic mass is 9.76. The topological polar surface area (TPSA) is 27.7 Å². The Kier molecular flexibility index (Phi) is 12.4. The molecule has 0 amide bonds. The molecule has 308 valence electrons. The molecule has 8 aromatic carbocycles. The fourth-order valence-corrected chi connectivity index (χ4v) is 13.6. The van der Waals surface area contributed by atoms with Crippen molar-refractivity contribution in [1.82, 2.24) is 0 Å². The first-order chi connectivity index (χ1) is 30.4. The van der Waals surface area contributed by atoms with E-state index in [1.807, 2.05) is 0 Å². The molecule has 8 aromatic rings. The molecule has 1 heterocycles. The summed E-state index contributed by atoms with van der Waals surface area (Å²) in [5.41, 5.74) is 7.43. The van der Waals surface area contributed by atoms with Gasteiger partial charge in [0.15, 0.2) is 0 Å². The van der Waals surface area contributed by atoms with E-state index >= 15 is 0 Å². The molecular formula is C57H52O3P2. The molecule has 0 aliphatic carbocycles. The summed E-state index contributed by atoms with van der Waals surface area (Å²) in [6.45, 7) is 4.74. The van der Waals surface area contributed by atoms with Crippen molar-refractivity contribution in [2.24, 2.45) is 0 Å². The van der Waals surface area contributed by atoms with E-state index in [1.54, 1.807) is 14.2 Å². The average Bonchev–Trinajstić information content (AvgIpc) is 3.32. The smallest absolute Gasteiger partial charge is 0.139 e. The van der Waals surface area contributed by atoms with Crippen LogP contribution in [-0.2, 0) is 31.1 Å². The third-order valence-corrected chi connectivity index (χ3v) is 17.0. The molecule has 2 atom stereocenters. The molecular weight excluding hydrogens is 795 g/mol. The summed E-state index contributed by atoms with van der Waals surface area (Å²) >= 11 is 0. The molecule has 0 fully saturated rings. The first kappa shape index (κ1) is 41.4. The van der Waals surface area contributed by atoms with Gasteiger partial charge in [0.2, 0.25) is 0 Å². The quantitative estimate of drug-likeness (QED) is 0.102. The predicted molar refractivity (Wildman–Crippen MR) is 263 cm³/mol. The maximum absolute atomic E-state index is 7.54. The van der Waals surface area contributed by atoms with Crippen molar-refractivity contribution in [3.63, 3.8) is 0 Å². The van der Waals surface area contributed by atoms with E-state index in [-0.39, 0.29) is 5.41 Å². The zero-order chi connectivity index (χ0) is 42.5. The summed E-state index contributed by atoms with van der Waals surface area (Å²) in [6.07, 6.45) is 3.84. The van der Waals surface area contributed by atoms with Gasteiger partial charge < -0.3 is 14.2 Å². The van der Waals surface area contributed by atoms with Crippen LogP contribution in [0, 0.1) is 0 Å². The van der Waals surface area contributed by atoms with Crippen molar-refractivity contribution in [3.05, 3.63) is 228 Å². The Bertz CT molecular complexity index is 2570. The number of rotatable bonds is 14. The van der Waals surface area contributed by atoms with Crippen molar-refractivity contribution < 1.29 is 14.2 Å². The van der Waals surface area contributed by atoms with Gasteiger partial charge in [0.25, 0.3) is 0 Å². The number of ether oxygens (including phenoxy) is 3. The minimum absolute atomic E-state index is 0.301. The van der Waals surface area contributed by atoms with Crippen LogP contribution in [-0.4, -0.2) is 14.2 Å². The van der Waals surface area contributed by atoms with Crippen molar-refractivity contribution in [1.29, 1.82) is 0 Å². The van der Waals surface area contributed by atoms with Gasteiger partial charge in [0.05, 0.1) is 14.2 Å². The van der Waals surface area contributed by atoms with E-state index in [0.29, 0.717) is 0 Å². The molecule has 0 aromatic heterocycles. The van der Waals surface area contributed by atoms with E-state index in [1.165, 1.54) is 65.2 Å². The van der Waals surface area contributed by atoms with E-state index < -0.39 is 15.8 Å². The van der Waals surface area contributed by atoms with Gasteiger partial charge in [0.1, 0.15) is 23.0 Å². The second-order valence-corrected chi connectivity index (χ2v) is 20.8. The number of hydrogen-bond donors (Lipinski definition) is 0.